The number of aryl methyl sites for hydroxylation is 1. The predicted molar refractivity (Wildman–Crippen MR) is 94.2 cm³/mol. The molecule has 5 nitrogen and oxygen atoms in total. The van der Waals surface area contributed by atoms with Crippen molar-refractivity contribution in [1.82, 2.24) is 4.90 Å². The predicted octanol–water partition coefficient (Wildman–Crippen LogP) is 3.31. The van der Waals surface area contributed by atoms with Crippen molar-refractivity contribution in [2.24, 2.45) is 4.99 Å². The largest absolute Gasteiger partial charge is 0.366 e. The minimum absolute atomic E-state index is 0.0106. The molecular formula is C18H19N3O2S. The van der Waals surface area contributed by atoms with Crippen LogP contribution in [0.3, 0.4) is 0 Å². The summed E-state index contributed by atoms with van der Waals surface area (Å²) in [6, 6.07) is 13.1. The van der Waals surface area contributed by atoms with Gasteiger partial charge in [0.15, 0.2) is 0 Å². The van der Waals surface area contributed by atoms with Gasteiger partial charge in [-0.15, -0.1) is 0 Å². The molecule has 0 atom stereocenters. The smallest absolute Gasteiger partial charge is 0.207 e. The maximum Gasteiger partial charge on any atom is 0.207 e. The second kappa shape index (κ2) is 7.28. The number of nitrogens with zero attached hydrogens (tertiary/aromatic N) is 3. The Hall–Kier alpha value is -2.65. The first kappa shape index (κ1) is 17.7. The summed E-state index contributed by atoms with van der Waals surface area (Å²) in [6.45, 7) is 4.58. The second-order valence-corrected chi connectivity index (χ2v) is 7.30. The third kappa shape index (κ3) is 3.63. The topological polar surface area (TPSA) is 73.5 Å². The van der Waals surface area contributed by atoms with Crippen LogP contribution in [-0.2, 0) is 9.84 Å². The summed E-state index contributed by atoms with van der Waals surface area (Å²) in [4.78, 5) is 6.41. The lowest BCUT2D eigenvalue weighted by molar-refractivity contribution is 0.552. The normalized spacial score (nSPS) is 11.4. The number of hydrogen-bond donors (Lipinski definition) is 0. The van der Waals surface area contributed by atoms with Crippen LogP contribution in [0, 0.1) is 18.3 Å². The Morgan fingerprint density at radius 3 is 2.50 bits per heavy atom. The summed E-state index contributed by atoms with van der Waals surface area (Å²) in [6.07, 6.45) is 1.66. The molecule has 0 amide bonds. The molecule has 2 aromatic carbocycles. The van der Waals surface area contributed by atoms with E-state index in [1.807, 2.05) is 24.9 Å². The first-order valence-corrected chi connectivity index (χ1v) is 8.97. The van der Waals surface area contributed by atoms with Crippen LogP contribution in [0.1, 0.15) is 18.1 Å². The Morgan fingerprint density at radius 1 is 1.25 bits per heavy atom. The Labute approximate surface area is 142 Å². The third-order valence-corrected chi connectivity index (χ3v) is 5.46. The van der Waals surface area contributed by atoms with Crippen molar-refractivity contribution in [2.45, 2.75) is 23.6 Å². The zero-order valence-corrected chi connectivity index (χ0v) is 14.7. The van der Waals surface area contributed by atoms with Gasteiger partial charge >= 0.3 is 0 Å². The van der Waals surface area contributed by atoms with E-state index >= 15 is 0 Å². The molecule has 0 heterocycles. The van der Waals surface area contributed by atoms with Gasteiger partial charge in [0.25, 0.3) is 0 Å². The zero-order chi connectivity index (χ0) is 17.7. The molecule has 0 fully saturated rings. The van der Waals surface area contributed by atoms with Gasteiger partial charge in [0.05, 0.1) is 27.4 Å². The highest BCUT2D eigenvalue weighted by atomic mass is 32.2. The van der Waals surface area contributed by atoms with E-state index in [-0.39, 0.29) is 15.4 Å². The van der Waals surface area contributed by atoms with Crippen LogP contribution in [0.25, 0.3) is 0 Å². The van der Waals surface area contributed by atoms with Crippen molar-refractivity contribution in [3.63, 3.8) is 0 Å². The quantitative estimate of drug-likeness (QED) is 0.618. The molecule has 24 heavy (non-hydrogen) atoms. The maximum atomic E-state index is 12.8. The summed E-state index contributed by atoms with van der Waals surface area (Å²) in [5, 5.41) is 9.39. The molecule has 0 spiro atoms. The van der Waals surface area contributed by atoms with E-state index in [2.05, 4.69) is 4.99 Å². The van der Waals surface area contributed by atoms with Crippen molar-refractivity contribution in [2.75, 3.05) is 13.6 Å². The highest BCUT2D eigenvalue weighted by molar-refractivity contribution is 7.91. The molecule has 0 unspecified atom stereocenters. The fraction of sp³-hybridized carbons (Fsp3) is 0.222. The molecule has 0 saturated heterocycles. The lowest BCUT2D eigenvalue weighted by Crippen LogP contribution is -2.14. The van der Waals surface area contributed by atoms with Gasteiger partial charge in [-0.2, -0.15) is 5.26 Å². The van der Waals surface area contributed by atoms with Crippen molar-refractivity contribution in [1.29, 1.82) is 5.26 Å². The van der Waals surface area contributed by atoms with Crippen molar-refractivity contribution >= 4 is 21.9 Å². The summed E-state index contributed by atoms with van der Waals surface area (Å²) >= 11 is 0. The fourth-order valence-electron chi connectivity index (χ4n) is 2.09. The summed E-state index contributed by atoms with van der Waals surface area (Å²) in [7, 11) is -1.85. The molecule has 0 aliphatic rings. The summed E-state index contributed by atoms with van der Waals surface area (Å²) < 4.78 is 25.6. The molecule has 2 rings (SSSR count). The second-order valence-electron chi connectivity index (χ2n) is 5.38. The van der Waals surface area contributed by atoms with Crippen LogP contribution in [0.2, 0.25) is 0 Å². The van der Waals surface area contributed by atoms with E-state index in [1.54, 1.807) is 31.5 Å². The van der Waals surface area contributed by atoms with Crippen molar-refractivity contribution < 1.29 is 8.42 Å². The van der Waals surface area contributed by atoms with Crippen molar-refractivity contribution in [3.8, 4) is 6.07 Å². The van der Waals surface area contributed by atoms with Gasteiger partial charge in [-0.1, -0.05) is 18.2 Å². The average Bonchev–Trinajstić information content (AvgIpc) is 2.60. The lowest BCUT2D eigenvalue weighted by Gasteiger charge is -2.11. The molecule has 124 valence electrons. The van der Waals surface area contributed by atoms with Crippen LogP contribution in [0.4, 0.5) is 5.69 Å². The SMILES string of the molecule is CCN(C)C=Nc1cc(C#N)c(S(=O)(=O)c2ccccc2)cc1C. The molecule has 2 aromatic rings. The first-order valence-electron chi connectivity index (χ1n) is 7.49. The van der Waals surface area contributed by atoms with Crippen LogP contribution in [0.15, 0.2) is 57.2 Å². The molecule has 0 aromatic heterocycles. The highest BCUT2D eigenvalue weighted by Crippen LogP contribution is 2.30. The van der Waals surface area contributed by atoms with E-state index < -0.39 is 9.84 Å². The minimum Gasteiger partial charge on any atom is -0.366 e. The number of benzene rings is 2. The van der Waals surface area contributed by atoms with Crippen LogP contribution < -0.4 is 0 Å². The van der Waals surface area contributed by atoms with Gasteiger partial charge in [-0.05, 0) is 43.7 Å². The molecule has 0 bridgehead atoms. The van der Waals surface area contributed by atoms with Crippen LogP contribution in [0.5, 0.6) is 0 Å². The monoisotopic (exact) mass is 341 g/mol. The first-order chi connectivity index (χ1) is 11.4. The van der Waals surface area contributed by atoms with E-state index in [9.17, 15) is 13.7 Å². The Bertz CT molecular complexity index is 898. The van der Waals surface area contributed by atoms with Crippen LogP contribution >= 0.6 is 0 Å². The average molecular weight is 341 g/mol. The Balaban J connectivity index is 2.56. The number of sulfone groups is 1. The number of nitriles is 1. The van der Waals surface area contributed by atoms with Gasteiger partial charge in [0.1, 0.15) is 6.07 Å². The van der Waals surface area contributed by atoms with Gasteiger partial charge in [0.2, 0.25) is 9.84 Å². The minimum atomic E-state index is -3.74. The van der Waals surface area contributed by atoms with E-state index in [0.29, 0.717) is 11.3 Å². The zero-order valence-electron chi connectivity index (χ0n) is 13.9. The molecule has 0 N–H and O–H groups in total. The number of aliphatic imine (C=N–C) groups is 1. The van der Waals surface area contributed by atoms with Gasteiger partial charge < -0.3 is 4.90 Å². The van der Waals surface area contributed by atoms with Gasteiger partial charge in [0, 0.05) is 13.6 Å². The van der Waals surface area contributed by atoms with E-state index in [4.69, 9.17) is 0 Å². The van der Waals surface area contributed by atoms with Gasteiger partial charge in [-0.3, -0.25) is 0 Å². The molecule has 6 heteroatoms. The van der Waals surface area contributed by atoms with E-state index in [0.717, 1.165) is 6.54 Å². The fourth-order valence-corrected chi connectivity index (χ4v) is 3.58. The Kier molecular flexibility index (Phi) is 5.37. The van der Waals surface area contributed by atoms with Gasteiger partial charge in [-0.25, -0.2) is 13.4 Å². The maximum absolute atomic E-state index is 12.8. The molecule has 0 saturated carbocycles. The molecular weight excluding hydrogens is 322 g/mol. The molecule has 0 radical (unpaired) electrons. The van der Waals surface area contributed by atoms with E-state index in [1.165, 1.54) is 24.3 Å². The Morgan fingerprint density at radius 2 is 1.92 bits per heavy atom. The molecule has 0 aliphatic carbocycles. The summed E-state index contributed by atoms with van der Waals surface area (Å²) in [5.41, 5.74) is 1.37. The lowest BCUT2D eigenvalue weighted by atomic mass is 10.1. The highest BCUT2D eigenvalue weighted by Gasteiger charge is 2.22. The summed E-state index contributed by atoms with van der Waals surface area (Å²) in [5.74, 6) is 0. The number of hydrogen-bond acceptors (Lipinski definition) is 4. The third-order valence-electron chi connectivity index (χ3n) is 3.65. The number of rotatable bonds is 5. The standard InChI is InChI=1S/C18H19N3O2S/c1-4-21(3)13-20-17-11-15(12-19)18(10-14(17)2)24(22,23)16-8-6-5-7-9-16/h5-11,13H,4H2,1-3H3. The van der Waals surface area contributed by atoms with Crippen LogP contribution in [-0.4, -0.2) is 33.2 Å². The van der Waals surface area contributed by atoms with Crippen molar-refractivity contribution in [3.05, 3.63) is 53.6 Å². The molecule has 0 aliphatic heterocycles.